The van der Waals surface area contributed by atoms with Gasteiger partial charge in [-0.25, -0.2) is 0 Å². The summed E-state index contributed by atoms with van der Waals surface area (Å²) in [5.74, 6) is 1.50. The Bertz CT molecular complexity index is 1370. The molecule has 0 atom stereocenters. The monoisotopic (exact) mass is 481 g/mol. The number of carbonyl (C=O) groups is 2. The van der Waals surface area contributed by atoms with Crippen molar-refractivity contribution in [1.82, 2.24) is 4.98 Å². The fraction of sp³-hybridized carbons (Fsp3) is 0.267. The molecule has 3 N–H and O–H groups in total. The molecule has 1 saturated carbocycles. The van der Waals surface area contributed by atoms with E-state index in [4.69, 9.17) is 4.74 Å². The number of H-pyrrole nitrogens is 1. The molecule has 4 aromatic rings. The number of carbonyl (C=O) groups excluding carboxylic acids is 2. The third kappa shape index (κ3) is 5.28. The van der Waals surface area contributed by atoms with Crippen molar-refractivity contribution in [2.75, 3.05) is 17.7 Å². The molecule has 0 unspecified atom stereocenters. The summed E-state index contributed by atoms with van der Waals surface area (Å²) in [6.45, 7) is 2.26. The van der Waals surface area contributed by atoms with Crippen LogP contribution in [0.1, 0.15) is 43.0 Å². The van der Waals surface area contributed by atoms with Gasteiger partial charge in [-0.3, -0.25) is 9.59 Å². The van der Waals surface area contributed by atoms with Gasteiger partial charge in [0.15, 0.2) is 0 Å². The lowest BCUT2D eigenvalue weighted by molar-refractivity contribution is -0.121. The minimum absolute atomic E-state index is 0.113. The number of benzene rings is 3. The van der Waals surface area contributed by atoms with Crippen LogP contribution in [0.3, 0.4) is 0 Å². The van der Waals surface area contributed by atoms with Crippen LogP contribution in [-0.2, 0) is 4.79 Å². The van der Waals surface area contributed by atoms with Crippen molar-refractivity contribution in [2.24, 2.45) is 11.8 Å². The highest BCUT2D eigenvalue weighted by molar-refractivity contribution is 6.04. The van der Waals surface area contributed by atoms with E-state index in [0.717, 1.165) is 65.1 Å². The molecular formula is C30H31N3O3. The molecular weight excluding hydrogens is 450 g/mol. The molecule has 1 fully saturated rings. The zero-order valence-electron chi connectivity index (χ0n) is 20.6. The zero-order chi connectivity index (χ0) is 25.1. The smallest absolute Gasteiger partial charge is 0.255 e. The SMILES string of the molecule is COc1ccc(C(=O)Nc2ccc(-c3cc4cc(NC(=O)C5CCC(C)CC5)ccc4[nH]3)cc2)cc1. The predicted molar refractivity (Wildman–Crippen MR) is 144 cm³/mol. The number of methoxy groups -OCH3 is 1. The van der Waals surface area contributed by atoms with Gasteiger partial charge in [0.05, 0.1) is 7.11 Å². The predicted octanol–water partition coefficient (Wildman–Crippen LogP) is 6.86. The largest absolute Gasteiger partial charge is 0.497 e. The van der Waals surface area contributed by atoms with Crippen LogP contribution in [0.25, 0.3) is 22.2 Å². The van der Waals surface area contributed by atoms with E-state index in [1.165, 1.54) is 0 Å². The molecule has 0 spiro atoms. The van der Waals surface area contributed by atoms with Crippen molar-refractivity contribution in [3.05, 3.63) is 78.4 Å². The number of aromatic nitrogens is 1. The Hall–Kier alpha value is -4.06. The normalized spacial score (nSPS) is 17.5. The number of nitrogens with one attached hydrogen (secondary N) is 3. The number of amides is 2. The molecule has 0 aliphatic heterocycles. The highest BCUT2D eigenvalue weighted by atomic mass is 16.5. The van der Waals surface area contributed by atoms with Gasteiger partial charge in [0.25, 0.3) is 5.91 Å². The van der Waals surface area contributed by atoms with Crippen LogP contribution in [0.2, 0.25) is 0 Å². The third-order valence-corrected chi connectivity index (χ3v) is 7.08. The lowest BCUT2D eigenvalue weighted by Crippen LogP contribution is -2.26. The number of ether oxygens (including phenoxy) is 1. The molecule has 1 aliphatic carbocycles. The molecule has 1 heterocycles. The average molecular weight is 482 g/mol. The van der Waals surface area contributed by atoms with Crippen LogP contribution in [0.15, 0.2) is 72.8 Å². The van der Waals surface area contributed by atoms with Gasteiger partial charge in [0, 0.05) is 39.5 Å². The van der Waals surface area contributed by atoms with E-state index in [0.29, 0.717) is 11.3 Å². The summed E-state index contributed by atoms with van der Waals surface area (Å²) in [4.78, 5) is 28.7. The molecule has 2 amide bonds. The minimum atomic E-state index is -0.173. The number of fused-ring (bicyclic) bond motifs is 1. The summed E-state index contributed by atoms with van der Waals surface area (Å²) < 4.78 is 5.14. The highest BCUT2D eigenvalue weighted by Gasteiger charge is 2.24. The van der Waals surface area contributed by atoms with Crippen molar-refractivity contribution < 1.29 is 14.3 Å². The minimum Gasteiger partial charge on any atom is -0.497 e. The summed E-state index contributed by atoms with van der Waals surface area (Å²) >= 11 is 0. The van der Waals surface area contributed by atoms with Gasteiger partial charge in [0.2, 0.25) is 5.91 Å². The lowest BCUT2D eigenvalue weighted by atomic mass is 9.82. The second kappa shape index (κ2) is 10.3. The molecule has 0 bridgehead atoms. The maximum Gasteiger partial charge on any atom is 0.255 e. The molecule has 36 heavy (non-hydrogen) atoms. The average Bonchev–Trinajstić information content (AvgIpc) is 3.33. The summed E-state index contributed by atoms with van der Waals surface area (Å²) in [6, 6.07) is 22.8. The first-order valence-electron chi connectivity index (χ1n) is 12.5. The maximum absolute atomic E-state index is 12.7. The number of hydrogen-bond donors (Lipinski definition) is 3. The topological polar surface area (TPSA) is 83.2 Å². The second-order valence-electron chi connectivity index (χ2n) is 9.69. The van der Waals surface area contributed by atoms with Crippen LogP contribution in [0, 0.1) is 11.8 Å². The van der Waals surface area contributed by atoms with Crippen molar-refractivity contribution in [2.45, 2.75) is 32.6 Å². The molecule has 1 aromatic heterocycles. The van der Waals surface area contributed by atoms with Gasteiger partial charge in [-0.2, -0.15) is 0 Å². The molecule has 5 rings (SSSR count). The fourth-order valence-electron chi connectivity index (χ4n) is 4.81. The number of anilines is 2. The van der Waals surface area contributed by atoms with Gasteiger partial charge in [-0.1, -0.05) is 19.1 Å². The Morgan fingerprint density at radius 2 is 1.53 bits per heavy atom. The molecule has 0 radical (unpaired) electrons. The molecule has 0 saturated heterocycles. The molecule has 6 heteroatoms. The van der Waals surface area contributed by atoms with Crippen LogP contribution in [0.4, 0.5) is 11.4 Å². The lowest BCUT2D eigenvalue weighted by Gasteiger charge is -2.25. The van der Waals surface area contributed by atoms with E-state index < -0.39 is 0 Å². The van der Waals surface area contributed by atoms with Crippen molar-refractivity contribution in [3.8, 4) is 17.0 Å². The van der Waals surface area contributed by atoms with Gasteiger partial charge in [-0.05, 0) is 97.8 Å². The van der Waals surface area contributed by atoms with Gasteiger partial charge in [0.1, 0.15) is 5.75 Å². The molecule has 184 valence electrons. The highest BCUT2D eigenvalue weighted by Crippen LogP contribution is 2.31. The van der Waals surface area contributed by atoms with E-state index in [-0.39, 0.29) is 17.7 Å². The Morgan fingerprint density at radius 1 is 0.833 bits per heavy atom. The Morgan fingerprint density at radius 3 is 2.22 bits per heavy atom. The van der Waals surface area contributed by atoms with E-state index in [2.05, 4.69) is 28.6 Å². The second-order valence-corrected chi connectivity index (χ2v) is 9.69. The molecule has 3 aromatic carbocycles. The molecule has 6 nitrogen and oxygen atoms in total. The van der Waals surface area contributed by atoms with Crippen LogP contribution >= 0.6 is 0 Å². The van der Waals surface area contributed by atoms with Crippen molar-refractivity contribution in [3.63, 3.8) is 0 Å². The molecule has 1 aliphatic rings. The first kappa shape index (κ1) is 23.7. The summed E-state index contributed by atoms with van der Waals surface area (Å²) in [7, 11) is 1.60. The number of rotatable bonds is 6. The fourth-order valence-corrected chi connectivity index (χ4v) is 4.81. The van der Waals surface area contributed by atoms with Crippen molar-refractivity contribution >= 4 is 34.1 Å². The standard InChI is InChI=1S/C30H31N3O3/c1-19-3-5-21(6-4-19)30(35)32-25-13-16-27-23(17-25)18-28(33-27)20-7-11-24(12-8-20)31-29(34)22-9-14-26(36-2)15-10-22/h7-19,21,33H,3-6H2,1-2H3,(H,31,34)(H,32,35). The van der Waals surface area contributed by atoms with Crippen LogP contribution in [-0.4, -0.2) is 23.9 Å². The van der Waals surface area contributed by atoms with Crippen LogP contribution < -0.4 is 15.4 Å². The Kier molecular flexibility index (Phi) is 6.76. The summed E-state index contributed by atoms with van der Waals surface area (Å²) in [6.07, 6.45) is 4.20. The number of aromatic amines is 1. The number of hydrogen-bond acceptors (Lipinski definition) is 3. The van der Waals surface area contributed by atoms with E-state index in [1.54, 1.807) is 31.4 Å². The van der Waals surface area contributed by atoms with Crippen molar-refractivity contribution in [1.29, 1.82) is 0 Å². The Balaban J connectivity index is 1.25. The quantitative estimate of drug-likeness (QED) is 0.281. The van der Waals surface area contributed by atoms with Gasteiger partial charge in [-0.15, -0.1) is 0 Å². The summed E-state index contributed by atoms with van der Waals surface area (Å²) in [5.41, 5.74) is 5.10. The zero-order valence-corrected chi connectivity index (χ0v) is 20.6. The van der Waals surface area contributed by atoms with Crippen LogP contribution in [0.5, 0.6) is 5.75 Å². The van der Waals surface area contributed by atoms with Gasteiger partial charge >= 0.3 is 0 Å². The first-order chi connectivity index (χ1) is 17.5. The van der Waals surface area contributed by atoms with E-state index >= 15 is 0 Å². The maximum atomic E-state index is 12.7. The first-order valence-corrected chi connectivity index (χ1v) is 12.5. The van der Waals surface area contributed by atoms with Gasteiger partial charge < -0.3 is 20.4 Å². The Labute approximate surface area is 211 Å². The van der Waals surface area contributed by atoms with E-state index in [1.807, 2.05) is 42.5 Å². The summed E-state index contributed by atoms with van der Waals surface area (Å²) in [5, 5.41) is 7.08. The van der Waals surface area contributed by atoms with E-state index in [9.17, 15) is 9.59 Å². The third-order valence-electron chi connectivity index (χ3n) is 7.08.